The molecule has 4 nitrogen and oxygen atoms in total. The van der Waals surface area contributed by atoms with Crippen LogP contribution in [0.3, 0.4) is 0 Å². The second kappa shape index (κ2) is 8.77. The van der Waals surface area contributed by atoms with Crippen LogP contribution < -0.4 is 10.6 Å². The molecule has 1 heterocycles. The van der Waals surface area contributed by atoms with Gasteiger partial charge in [-0.15, -0.1) is 12.4 Å². The Balaban J connectivity index is 0.00000324. The highest BCUT2D eigenvalue weighted by Crippen LogP contribution is 2.10. The van der Waals surface area contributed by atoms with Gasteiger partial charge < -0.3 is 10.6 Å². The van der Waals surface area contributed by atoms with E-state index in [9.17, 15) is 4.79 Å². The smallest absolute Gasteiger partial charge is 0.234 e. The summed E-state index contributed by atoms with van der Waals surface area (Å²) < 4.78 is 0. The van der Waals surface area contributed by atoms with Crippen molar-refractivity contribution in [2.75, 3.05) is 26.2 Å². The molecule has 1 aliphatic heterocycles. The average Bonchev–Trinajstić information content (AvgIpc) is 2.81. The Morgan fingerprint density at radius 1 is 1.42 bits per heavy atom. The van der Waals surface area contributed by atoms with Crippen molar-refractivity contribution < 1.29 is 4.79 Å². The summed E-state index contributed by atoms with van der Waals surface area (Å²) in [6, 6.07) is 0.528. The monoisotopic (exact) mass is 291 g/mol. The topological polar surface area (TPSA) is 44.4 Å². The number of carbonyl (C=O) groups is 1. The van der Waals surface area contributed by atoms with Gasteiger partial charge in [-0.25, -0.2) is 0 Å². The van der Waals surface area contributed by atoms with E-state index in [1.165, 1.54) is 0 Å². The van der Waals surface area contributed by atoms with Gasteiger partial charge in [-0.05, 0) is 46.2 Å². The minimum absolute atomic E-state index is 0. The van der Waals surface area contributed by atoms with Crippen molar-refractivity contribution in [3.8, 4) is 0 Å². The van der Waals surface area contributed by atoms with Gasteiger partial charge in [-0.1, -0.05) is 13.8 Å². The van der Waals surface area contributed by atoms with Crippen molar-refractivity contribution in [1.82, 2.24) is 15.5 Å². The van der Waals surface area contributed by atoms with Crippen LogP contribution in [0.1, 0.15) is 47.0 Å². The first-order valence-electron chi connectivity index (χ1n) is 7.24. The zero-order chi connectivity index (χ0) is 13.6. The van der Waals surface area contributed by atoms with Crippen LogP contribution >= 0.6 is 12.4 Å². The van der Waals surface area contributed by atoms with Gasteiger partial charge in [0.2, 0.25) is 5.91 Å². The number of amides is 1. The van der Waals surface area contributed by atoms with Crippen LogP contribution in [-0.4, -0.2) is 48.6 Å². The van der Waals surface area contributed by atoms with E-state index in [0.717, 1.165) is 38.9 Å². The van der Waals surface area contributed by atoms with Crippen LogP contribution in [-0.2, 0) is 4.79 Å². The van der Waals surface area contributed by atoms with Crippen LogP contribution in [0.15, 0.2) is 0 Å². The van der Waals surface area contributed by atoms with E-state index in [0.29, 0.717) is 12.6 Å². The molecule has 1 fully saturated rings. The van der Waals surface area contributed by atoms with Crippen molar-refractivity contribution in [2.45, 2.75) is 58.5 Å². The average molecular weight is 292 g/mol. The van der Waals surface area contributed by atoms with Gasteiger partial charge >= 0.3 is 0 Å². The molecule has 1 saturated heterocycles. The zero-order valence-electron chi connectivity index (χ0n) is 12.8. The minimum Gasteiger partial charge on any atom is -0.350 e. The number of hydrogen-bond acceptors (Lipinski definition) is 3. The van der Waals surface area contributed by atoms with Crippen LogP contribution in [0.2, 0.25) is 0 Å². The largest absolute Gasteiger partial charge is 0.350 e. The Kier molecular flexibility index (Phi) is 8.62. The summed E-state index contributed by atoms with van der Waals surface area (Å²) in [7, 11) is 0. The zero-order valence-corrected chi connectivity index (χ0v) is 13.6. The first-order chi connectivity index (χ1) is 8.48. The molecule has 2 N–H and O–H groups in total. The third kappa shape index (κ3) is 6.59. The molecular formula is C14H30ClN3O. The van der Waals surface area contributed by atoms with E-state index in [1.807, 2.05) is 0 Å². The third-order valence-corrected chi connectivity index (χ3v) is 3.77. The molecule has 0 spiro atoms. The molecule has 1 aliphatic rings. The molecule has 0 radical (unpaired) electrons. The number of rotatable bonds is 7. The molecule has 0 saturated carbocycles. The lowest BCUT2D eigenvalue weighted by Gasteiger charge is -2.30. The Bertz CT molecular complexity index is 265. The van der Waals surface area contributed by atoms with Crippen LogP contribution in [0.5, 0.6) is 0 Å². The second-order valence-electron chi connectivity index (χ2n) is 5.90. The fourth-order valence-corrected chi connectivity index (χ4v) is 2.32. The fraction of sp³-hybridized carbons (Fsp3) is 0.929. The predicted molar refractivity (Wildman–Crippen MR) is 82.9 cm³/mol. The quantitative estimate of drug-likeness (QED) is 0.752. The summed E-state index contributed by atoms with van der Waals surface area (Å²) in [5, 5.41) is 6.49. The molecule has 0 aromatic rings. The first kappa shape index (κ1) is 18.7. The number of nitrogens with one attached hydrogen (secondary N) is 2. The SMILES string of the molecule is CCCN(CC(=O)NC(C)(C)CC)C1CCNC1.Cl. The molecule has 0 aliphatic carbocycles. The lowest BCUT2D eigenvalue weighted by Crippen LogP contribution is -2.50. The van der Waals surface area contributed by atoms with Crippen molar-refractivity contribution in [3.05, 3.63) is 0 Å². The molecule has 19 heavy (non-hydrogen) atoms. The van der Waals surface area contributed by atoms with Gasteiger partial charge in [0.05, 0.1) is 6.54 Å². The standard InChI is InChI=1S/C14H29N3O.ClH/c1-5-9-17(12-7-8-15-10-12)11-13(18)16-14(3,4)6-2;/h12,15H,5-11H2,1-4H3,(H,16,18);1H. The lowest BCUT2D eigenvalue weighted by atomic mass is 10.0. The number of nitrogens with zero attached hydrogens (tertiary/aromatic N) is 1. The van der Waals surface area contributed by atoms with Gasteiger partial charge in [-0.2, -0.15) is 0 Å². The van der Waals surface area contributed by atoms with Crippen molar-refractivity contribution in [1.29, 1.82) is 0 Å². The normalized spacial score (nSPS) is 19.3. The molecule has 1 unspecified atom stereocenters. The Labute approximate surface area is 124 Å². The molecular weight excluding hydrogens is 262 g/mol. The highest BCUT2D eigenvalue weighted by Gasteiger charge is 2.25. The van der Waals surface area contributed by atoms with Gasteiger partial charge in [0.1, 0.15) is 0 Å². The molecule has 114 valence electrons. The minimum atomic E-state index is -0.0944. The number of carbonyl (C=O) groups excluding carboxylic acids is 1. The van der Waals surface area contributed by atoms with E-state index >= 15 is 0 Å². The molecule has 0 bridgehead atoms. The lowest BCUT2D eigenvalue weighted by molar-refractivity contribution is -0.124. The van der Waals surface area contributed by atoms with E-state index in [1.54, 1.807) is 0 Å². The van der Waals surface area contributed by atoms with Crippen molar-refractivity contribution in [3.63, 3.8) is 0 Å². The molecule has 0 aromatic heterocycles. The van der Waals surface area contributed by atoms with Crippen molar-refractivity contribution in [2.24, 2.45) is 0 Å². The predicted octanol–water partition coefficient (Wildman–Crippen LogP) is 1.79. The van der Waals surface area contributed by atoms with Gasteiger partial charge in [0.15, 0.2) is 0 Å². The maximum atomic E-state index is 12.1. The molecule has 0 aromatic carbocycles. The Morgan fingerprint density at radius 2 is 2.11 bits per heavy atom. The molecule has 5 heteroatoms. The first-order valence-corrected chi connectivity index (χ1v) is 7.24. The van der Waals surface area contributed by atoms with Crippen LogP contribution in [0.4, 0.5) is 0 Å². The molecule has 1 atom stereocenters. The summed E-state index contributed by atoms with van der Waals surface area (Å²) in [4.78, 5) is 14.4. The van der Waals surface area contributed by atoms with E-state index in [2.05, 4.69) is 43.2 Å². The number of hydrogen-bond donors (Lipinski definition) is 2. The van der Waals surface area contributed by atoms with E-state index in [-0.39, 0.29) is 23.9 Å². The maximum absolute atomic E-state index is 12.1. The van der Waals surface area contributed by atoms with Gasteiger partial charge in [0, 0.05) is 18.1 Å². The van der Waals surface area contributed by atoms with E-state index < -0.39 is 0 Å². The molecule has 1 amide bonds. The second-order valence-corrected chi connectivity index (χ2v) is 5.90. The third-order valence-electron chi connectivity index (χ3n) is 3.77. The highest BCUT2D eigenvalue weighted by atomic mass is 35.5. The summed E-state index contributed by atoms with van der Waals surface area (Å²) >= 11 is 0. The van der Waals surface area contributed by atoms with Gasteiger partial charge in [0.25, 0.3) is 0 Å². The fourth-order valence-electron chi connectivity index (χ4n) is 2.32. The van der Waals surface area contributed by atoms with E-state index in [4.69, 9.17) is 0 Å². The maximum Gasteiger partial charge on any atom is 0.234 e. The summed E-state index contributed by atoms with van der Waals surface area (Å²) in [5.74, 6) is 0.155. The van der Waals surface area contributed by atoms with Crippen LogP contribution in [0, 0.1) is 0 Å². The van der Waals surface area contributed by atoms with Crippen molar-refractivity contribution >= 4 is 18.3 Å². The summed E-state index contributed by atoms with van der Waals surface area (Å²) in [5.41, 5.74) is -0.0944. The highest BCUT2D eigenvalue weighted by molar-refractivity contribution is 5.85. The summed E-state index contributed by atoms with van der Waals surface area (Å²) in [6.07, 6.45) is 3.21. The van der Waals surface area contributed by atoms with Crippen LogP contribution in [0.25, 0.3) is 0 Å². The Morgan fingerprint density at radius 3 is 2.58 bits per heavy atom. The van der Waals surface area contributed by atoms with Gasteiger partial charge in [-0.3, -0.25) is 9.69 Å². The Hall–Kier alpha value is -0.320. The molecule has 1 rings (SSSR count). The number of halogens is 1. The summed E-state index contributed by atoms with van der Waals surface area (Å²) in [6.45, 7) is 12.1.